The SMILES string of the molecule is Cc1ccc(CCN(CC(F)(F)F)C(=O)[C@@H]2CCC[C@@H]2CN)cc1. The van der Waals surface area contributed by atoms with E-state index in [0.29, 0.717) is 19.4 Å². The fourth-order valence-corrected chi connectivity index (χ4v) is 3.38. The molecular formula is C18H25F3N2O. The van der Waals surface area contributed by atoms with Crippen LogP contribution in [-0.4, -0.2) is 36.6 Å². The smallest absolute Gasteiger partial charge is 0.333 e. The first-order valence-electron chi connectivity index (χ1n) is 8.41. The number of rotatable bonds is 6. The van der Waals surface area contributed by atoms with E-state index in [0.717, 1.165) is 28.9 Å². The van der Waals surface area contributed by atoms with Gasteiger partial charge in [-0.3, -0.25) is 4.79 Å². The van der Waals surface area contributed by atoms with Gasteiger partial charge < -0.3 is 10.6 Å². The van der Waals surface area contributed by atoms with Gasteiger partial charge in [0.2, 0.25) is 5.91 Å². The lowest BCUT2D eigenvalue weighted by atomic mass is 9.94. The van der Waals surface area contributed by atoms with Crippen LogP contribution in [0.5, 0.6) is 0 Å². The van der Waals surface area contributed by atoms with E-state index in [1.165, 1.54) is 0 Å². The van der Waals surface area contributed by atoms with Crippen LogP contribution in [-0.2, 0) is 11.2 Å². The fraction of sp³-hybridized carbons (Fsp3) is 0.611. The second-order valence-electron chi connectivity index (χ2n) is 6.64. The molecule has 0 aliphatic heterocycles. The van der Waals surface area contributed by atoms with Gasteiger partial charge >= 0.3 is 6.18 Å². The molecule has 24 heavy (non-hydrogen) atoms. The van der Waals surface area contributed by atoms with Crippen LogP contribution in [0, 0.1) is 18.8 Å². The Morgan fingerprint density at radius 3 is 2.50 bits per heavy atom. The molecule has 1 aromatic carbocycles. The molecule has 134 valence electrons. The van der Waals surface area contributed by atoms with E-state index in [9.17, 15) is 18.0 Å². The van der Waals surface area contributed by atoms with E-state index < -0.39 is 18.6 Å². The van der Waals surface area contributed by atoms with Crippen molar-refractivity contribution in [1.82, 2.24) is 4.90 Å². The molecular weight excluding hydrogens is 317 g/mol. The number of hydrogen-bond acceptors (Lipinski definition) is 2. The zero-order valence-electron chi connectivity index (χ0n) is 14.0. The number of halogens is 3. The highest BCUT2D eigenvalue weighted by atomic mass is 19.4. The van der Waals surface area contributed by atoms with Crippen molar-refractivity contribution in [2.75, 3.05) is 19.6 Å². The summed E-state index contributed by atoms with van der Waals surface area (Å²) in [6.45, 7) is 1.20. The minimum atomic E-state index is -4.39. The van der Waals surface area contributed by atoms with Gasteiger partial charge in [-0.2, -0.15) is 13.2 Å². The zero-order valence-corrected chi connectivity index (χ0v) is 14.0. The summed E-state index contributed by atoms with van der Waals surface area (Å²) in [5.74, 6) is -0.754. The summed E-state index contributed by atoms with van der Waals surface area (Å²) in [6.07, 6.45) is -1.65. The summed E-state index contributed by atoms with van der Waals surface area (Å²) in [6, 6.07) is 7.63. The Morgan fingerprint density at radius 1 is 1.25 bits per heavy atom. The number of nitrogens with zero attached hydrogens (tertiary/aromatic N) is 1. The topological polar surface area (TPSA) is 46.3 Å². The summed E-state index contributed by atoms with van der Waals surface area (Å²) in [5, 5.41) is 0. The molecule has 6 heteroatoms. The zero-order chi connectivity index (χ0) is 17.7. The van der Waals surface area contributed by atoms with Gasteiger partial charge in [0, 0.05) is 12.5 Å². The highest BCUT2D eigenvalue weighted by molar-refractivity contribution is 5.79. The average Bonchev–Trinajstić information content (AvgIpc) is 2.99. The third kappa shape index (κ3) is 5.23. The number of amides is 1. The molecule has 0 spiro atoms. The Kier molecular flexibility index (Phi) is 6.27. The summed E-state index contributed by atoms with van der Waals surface area (Å²) < 4.78 is 38.7. The molecule has 1 saturated carbocycles. The molecule has 0 aromatic heterocycles. The second kappa shape index (κ2) is 8.01. The highest BCUT2D eigenvalue weighted by Crippen LogP contribution is 2.33. The number of nitrogens with two attached hydrogens (primary N) is 1. The van der Waals surface area contributed by atoms with Crippen molar-refractivity contribution < 1.29 is 18.0 Å². The van der Waals surface area contributed by atoms with Gasteiger partial charge in [-0.1, -0.05) is 36.2 Å². The van der Waals surface area contributed by atoms with Crippen molar-refractivity contribution in [2.24, 2.45) is 17.6 Å². The molecule has 0 bridgehead atoms. The lowest BCUT2D eigenvalue weighted by Crippen LogP contribution is -2.44. The van der Waals surface area contributed by atoms with Crippen LogP contribution in [0.2, 0.25) is 0 Å². The van der Waals surface area contributed by atoms with Gasteiger partial charge in [0.05, 0.1) is 0 Å². The van der Waals surface area contributed by atoms with E-state index in [-0.39, 0.29) is 18.4 Å². The summed E-state index contributed by atoms with van der Waals surface area (Å²) in [7, 11) is 0. The highest BCUT2D eigenvalue weighted by Gasteiger charge is 2.39. The summed E-state index contributed by atoms with van der Waals surface area (Å²) >= 11 is 0. The molecule has 2 rings (SSSR count). The lowest BCUT2D eigenvalue weighted by Gasteiger charge is -2.29. The largest absolute Gasteiger partial charge is 0.406 e. The van der Waals surface area contributed by atoms with Crippen LogP contribution >= 0.6 is 0 Å². The van der Waals surface area contributed by atoms with Gasteiger partial charge in [-0.25, -0.2) is 0 Å². The first kappa shape index (κ1) is 18.8. The first-order valence-corrected chi connectivity index (χ1v) is 8.41. The fourth-order valence-electron chi connectivity index (χ4n) is 3.38. The Labute approximate surface area is 141 Å². The van der Waals surface area contributed by atoms with Gasteiger partial charge in [0.15, 0.2) is 0 Å². The number of alkyl halides is 3. The maximum atomic E-state index is 12.9. The Balaban J connectivity index is 2.06. The van der Waals surface area contributed by atoms with Crippen LogP contribution in [0.15, 0.2) is 24.3 Å². The van der Waals surface area contributed by atoms with Crippen molar-refractivity contribution in [3.63, 3.8) is 0 Å². The molecule has 3 nitrogen and oxygen atoms in total. The van der Waals surface area contributed by atoms with E-state index >= 15 is 0 Å². The van der Waals surface area contributed by atoms with Crippen LogP contribution in [0.1, 0.15) is 30.4 Å². The maximum absolute atomic E-state index is 12.9. The van der Waals surface area contributed by atoms with Crippen molar-refractivity contribution in [1.29, 1.82) is 0 Å². The standard InChI is InChI=1S/C18H25F3N2O/c1-13-5-7-14(8-6-13)9-10-23(12-18(19,20)21)17(24)16-4-2-3-15(16)11-22/h5-8,15-16H,2-4,9-12,22H2,1H3/t15-,16-/m1/s1. The average molecular weight is 342 g/mol. The maximum Gasteiger partial charge on any atom is 0.406 e. The predicted octanol–water partition coefficient (Wildman–Crippen LogP) is 3.30. The van der Waals surface area contributed by atoms with Gasteiger partial charge in [0.1, 0.15) is 6.54 Å². The monoisotopic (exact) mass is 342 g/mol. The summed E-state index contributed by atoms with van der Waals surface area (Å²) in [4.78, 5) is 13.6. The predicted molar refractivity (Wildman–Crippen MR) is 87.4 cm³/mol. The minimum Gasteiger partial charge on any atom is -0.333 e. The molecule has 0 unspecified atom stereocenters. The molecule has 2 atom stereocenters. The number of aryl methyl sites for hydroxylation is 1. The lowest BCUT2D eigenvalue weighted by molar-refractivity contribution is -0.164. The minimum absolute atomic E-state index is 0.00704. The molecule has 1 amide bonds. The second-order valence-corrected chi connectivity index (χ2v) is 6.64. The van der Waals surface area contributed by atoms with Crippen molar-refractivity contribution in [2.45, 2.75) is 38.8 Å². The molecule has 0 radical (unpaired) electrons. The van der Waals surface area contributed by atoms with Gasteiger partial charge in [0.25, 0.3) is 0 Å². The van der Waals surface area contributed by atoms with Crippen molar-refractivity contribution in [3.05, 3.63) is 35.4 Å². The quantitative estimate of drug-likeness (QED) is 0.862. The first-order chi connectivity index (χ1) is 11.3. The van der Waals surface area contributed by atoms with E-state index in [1.54, 1.807) is 0 Å². The molecule has 0 heterocycles. The summed E-state index contributed by atoms with van der Waals surface area (Å²) in [5.41, 5.74) is 7.70. The van der Waals surface area contributed by atoms with E-state index in [1.807, 2.05) is 31.2 Å². The molecule has 1 aromatic rings. The van der Waals surface area contributed by atoms with E-state index in [2.05, 4.69) is 0 Å². The van der Waals surface area contributed by atoms with E-state index in [4.69, 9.17) is 5.73 Å². The van der Waals surface area contributed by atoms with Crippen LogP contribution < -0.4 is 5.73 Å². The third-order valence-corrected chi connectivity index (χ3v) is 4.75. The number of carbonyl (C=O) groups is 1. The Hall–Kier alpha value is -1.56. The van der Waals surface area contributed by atoms with Crippen LogP contribution in [0.25, 0.3) is 0 Å². The molecule has 2 N–H and O–H groups in total. The molecule has 1 aliphatic rings. The molecule has 1 aliphatic carbocycles. The Morgan fingerprint density at radius 2 is 1.92 bits per heavy atom. The Bertz CT molecular complexity index is 542. The van der Waals surface area contributed by atoms with Crippen LogP contribution in [0.3, 0.4) is 0 Å². The number of carbonyl (C=O) groups excluding carboxylic acids is 1. The van der Waals surface area contributed by atoms with Gasteiger partial charge in [-0.05, 0) is 44.2 Å². The third-order valence-electron chi connectivity index (χ3n) is 4.75. The van der Waals surface area contributed by atoms with Gasteiger partial charge in [-0.15, -0.1) is 0 Å². The normalized spacial score (nSPS) is 21.0. The van der Waals surface area contributed by atoms with Crippen molar-refractivity contribution in [3.8, 4) is 0 Å². The molecule has 1 fully saturated rings. The van der Waals surface area contributed by atoms with Crippen LogP contribution in [0.4, 0.5) is 13.2 Å². The molecule has 0 saturated heterocycles. The number of benzene rings is 1. The number of hydrogen-bond donors (Lipinski definition) is 1. The van der Waals surface area contributed by atoms with Crippen molar-refractivity contribution >= 4 is 5.91 Å².